The molecule has 0 fully saturated rings. The van der Waals surface area contributed by atoms with Crippen LogP contribution in [-0.2, 0) is 11.3 Å². The lowest BCUT2D eigenvalue weighted by Crippen LogP contribution is -2.44. The van der Waals surface area contributed by atoms with Gasteiger partial charge >= 0.3 is 0 Å². The van der Waals surface area contributed by atoms with Crippen LogP contribution < -0.4 is 10.6 Å². The van der Waals surface area contributed by atoms with Crippen LogP contribution in [0.3, 0.4) is 0 Å². The summed E-state index contributed by atoms with van der Waals surface area (Å²) in [6.45, 7) is 7.76. The summed E-state index contributed by atoms with van der Waals surface area (Å²) in [6.07, 6.45) is 0. The SMILES string of the molecule is Cc1nnc(CNC(C)C(=O)NC(C)C)o1. The molecule has 0 radical (unpaired) electrons. The number of nitrogens with one attached hydrogen (secondary N) is 2. The number of hydrogen-bond donors (Lipinski definition) is 2. The third kappa shape index (κ3) is 3.98. The minimum atomic E-state index is -0.283. The van der Waals surface area contributed by atoms with Gasteiger partial charge in [0.15, 0.2) is 0 Å². The second kappa shape index (κ2) is 5.60. The van der Waals surface area contributed by atoms with E-state index in [1.807, 2.05) is 13.8 Å². The molecular weight excluding hydrogens is 208 g/mol. The van der Waals surface area contributed by atoms with Crippen LogP contribution in [0.2, 0.25) is 0 Å². The van der Waals surface area contributed by atoms with E-state index < -0.39 is 0 Å². The Hall–Kier alpha value is -1.43. The Labute approximate surface area is 94.8 Å². The first-order valence-corrected chi connectivity index (χ1v) is 5.31. The van der Waals surface area contributed by atoms with Gasteiger partial charge in [0.1, 0.15) is 0 Å². The Balaban J connectivity index is 2.34. The fourth-order valence-corrected chi connectivity index (χ4v) is 1.15. The number of carbonyl (C=O) groups excluding carboxylic acids is 1. The predicted octanol–water partition coefficient (Wildman–Crippen LogP) is 0.381. The van der Waals surface area contributed by atoms with Crippen molar-refractivity contribution in [3.05, 3.63) is 11.8 Å². The molecule has 0 saturated heterocycles. The Morgan fingerprint density at radius 2 is 2.06 bits per heavy atom. The molecule has 90 valence electrons. The van der Waals surface area contributed by atoms with E-state index in [0.717, 1.165) is 0 Å². The molecule has 1 amide bonds. The van der Waals surface area contributed by atoms with Gasteiger partial charge in [-0.15, -0.1) is 10.2 Å². The molecule has 1 rings (SSSR count). The number of aromatic nitrogens is 2. The van der Waals surface area contributed by atoms with E-state index in [9.17, 15) is 4.79 Å². The molecule has 16 heavy (non-hydrogen) atoms. The maximum absolute atomic E-state index is 11.5. The van der Waals surface area contributed by atoms with E-state index in [-0.39, 0.29) is 18.0 Å². The Bertz CT molecular complexity index is 348. The third-order valence-corrected chi connectivity index (χ3v) is 1.95. The molecule has 1 atom stereocenters. The maximum atomic E-state index is 11.5. The summed E-state index contributed by atoms with van der Waals surface area (Å²) in [5, 5.41) is 13.4. The Morgan fingerprint density at radius 1 is 1.38 bits per heavy atom. The van der Waals surface area contributed by atoms with Gasteiger partial charge in [0.2, 0.25) is 17.7 Å². The van der Waals surface area contributed by atoms with Crippen LogP contribution in [0.5, 0.6) is 0 Å². The summed E-state index contributed by atoms with van der Waals surface area (Å²) >= 11 is 0. The molecular formula is C10H18N4O2. The molecule has 0 aliphatic heterocycles. The van der Waals surface area contributed by atoms with Crippen molar-refractivity contribution in [2.45, 2.75) is 46.3 Å². The molecule has 0 spiro atoms. The highest BCUT2D eigenvalue weighted by molar-refractivity contribution is 5.81. The minimum absolute atomic E-state index is 0.0359. The highest BCUT2D eigenvalue weighted by atomic mass is 16.4. The quantitative estimate of drug-likeness (QED) is 0.758. The number of amides is 1. The molecule has 0 bridgehead atoms. The second-order valence-electron chi connectivity index (χ2n) is 3.98. The van der Waals surface area contributed by atoms with E-state index in [1.165, 1.54) is 0 Å². The molecule has 2 N–H and O–H groups in total. The Kier molecular flexibility index (Phi) is 4.42. The van der Waals surface area contributed by atoms with Crippen molar-refractivity contribution < 1.29 is 9.21 Å². The lowest BCUT2D eigenvalue weighted by atomic mass is 10.3. The maximum Gasteiger partial charge on any atom is 0.237 e. The predicted molar refractivity (Wildman–Crippen MR) is 58.6 cm³/mol. The molecule has 1 heterocycles. The van der Waals surface area contributed by atoms with Crippen molar-refractivity contribution in [2.24, 2.45) is 0 Å². The third-order valence-electron chi connectivity index (χ3n) is 1.95. The van der Waals surface area contributed by atoms with Crippen molar-refractivity contribution in [3.63, 3.8) is 0 Å². The van der Waals surface area contributed by atoms with E-state index in [2.05, 4.69) is 20.8 Å². The lowest BCUT2D eigenvalue weighted by molar-refractivity contribution is -0.123. The van der Waals surface area contributed by atoms with E-state index in [4.69, 9.17) is 4.42 Å². The smallest absolute Gasteiger partial charge is 0.237 e. The van der Waals surface area contributed by atoms with Gasteiger partial charge in [0, 0.05) is 13.0 Å². The van der Waals surface area contributed by atoms with Crippen molar-refractivity contribution >= 4 is 5.91 Å². The highest BCUT2D eigenvalue weighted by Crippen LogP contribution is 1.97. The molecule has 1 aromatic heterocycles. The summed E-state index contributed by atoms with van der Waals surface area (Å²) < 4.78 is 5.18. The zero-order valence-electron chi connectivity index (χ0n) is 10.1. The van der Waals surface area contributed by atoms with Crippen LogP contribution in [0, 0.1) is 6.92 Å². The van der Waals surface area contributed by atoms with Gasteiger partial charge in [-0.1, -0.05) is 0 Å². The average Bonchev–Trinajstić information content (AvgIpc) is 2.59. The molecule has 0 aliphatic rings. The monoisotopic (exact) mass is 226 g/mol. The zero-order valence-corrected chi connectivity index (χ0v) is 10.1. The topological polar surface area (TPSA) is 80.0 Å². The number of carbonyl (C=O) groups is 1. The van der Waals surface area contributed by atoms with Gasteiger partial charge in [-0.3, -0.25) is 10.1 Å². The first-order valence-electron chi connectivity index (χ1n) is 5.31. The van der Waals surface area contributed by atoms with Crippen LogP contribution in [0.1, 0.15) is 32.6 Å². The first kappa shape index (κ1) is 12.6. The number of aryl methyl sites for hydroxylation is 1. The van der Waals surface area contributed by atoms with Gasteiger partial charge in [-0.05, 0) is 20.8 Å². The van der Waals surface area contributed by atoms with Crippen LogP contribution in [0.25, 0.3) is 0 Å². The molecule has 1 aromatic rings. The summed E-state index contributed by atoms with van der Waals surface area (Å²) in [4.78, 5) is 11.5. The zero-order chi connectivity index (χ0) is 12.1. The minimum Gasteiger partial charge on any atom is -0.424 e. The highest BCUT2D eigenvalue weighted by Gasteiger charge is 2.13. The molecule has 1 unspecified atom stereocenters. The van der Waals surface area contributed by atoms with Crippen LogP contribution in [0.15, 0.2) is 4.42 Å². The van der Waals surface area contributed by atoms with Crippen molar-refractivity contribution in [3.8, 4) is 0 Å². The van der Waals surface area contributed by atoms with Gasteiger partial charge in [0.05, 0.1) is 12.6 Å². The van der Waals surface area contributed by atoms with Crippen LogP contribution in [0.4, 0.5) is 0 Å². The first-order chi connectivity index (χ1) is 7.49. The number of nitrogens with zero attached hydrogens (tertiary/aromatic N) is 2. The van der Waals surface area contributed by atoms with Gasteiger partial charge < -0.3 is 9.73 Å². The fraction of sp³-hybridized carbons (Fsp3) is 0.700. The molecule has 6 heteroatoms. The number of rotatable bonds is 5. The Morgan fingerprint density at radius 3 is 2.56 bits per heavy atom. The molecule has 0 aliphatic carbocycles. The van der Waals surface area contributed by atoms with Crippen molar-refractivity contribution in [1.82, 2.24) is 20.8 Å². The summed E-state index contributed by atoms with van der Waals surface area (Å²) in [7, 11) is 0. The van der Waals surface area contributed by atoms with Crippen LogP contribution in [-0.4, -0.2) is 28.2 Å². The average molecular weight is 226 g/mol. The van der Waals surface area contributed by atoms with E-state index in [0.29, 0.717) is 18.3 Å². The standard InChI is InChI=1S/C10H18N4O2/c1-6(2)12-10(15)7(3)11-5-9-14-13-8(4)16-9/h6-7,11H,5H2,1-4H3,(H,12,15). The van der Waals surface area contributed by atoms with Crippen LogP contribution >= 0.6 is 0 Å². The summed E-state index contributed by atoms with van der Waals surface area (Å²) in [6, 6.07) is -0.142. The van der Waals surface area contributed by atoms with Crippen molar-refractivity contribution in [1.29, 1.82) is 0 Å². The lowest BCUT2D eigenvalue weighted by Gasteiger charge is -2.14. The normalized spacial score (nSPS) is 12.8. The van der Waals surface area contributed by atoms with E-state index in [1.54, 1.807) is 13.8 Å². The largest absolute Gasteiger partial charge is 0.424 e. The number of hydrogen-bond acceptors (Lipinski definition) is 5. The van der Waals surface area contributed by atoms with Crippen molar-refractivity contribution in [2.75, 3.05) is 0 Å². The van der Waals surface area contributed by atoms with E-state index >= 15 is 0 Å². The fourth-order valence-electron chi connectivity index (χ4n) is 1.15. The molecule has 0 saturated carbocycles. The summed E-state index contributed by atoms with van der Waals surface area (Å²) in [5.74, 6) is 0.976. The molecule has 0 aromatic carbocycles. The van der Waals surface area contributed by atoms with Gasteiger partial charge in [-0.25, -0.2) is 0 Å². The second-order valence-corrected chi connectivity index (χ2v) is 3.98. The van der Waals surface area contributed by atoms with Gasteiger partial charge in [0.25, 0.3) is 0 Å². The summed E-state index contributed by atoms with van der Waals surface area (Å²) in [5.41, 5.74) is 0. The van der Waals surface area contributed by atoms with Gasteiger partial charge in [-0.2, -0.15) is 0 Å². The molecule has 6 nitrogen and oxygen atoms in total.